The molecule has 0 saturated carbocycles. The van der Waals surface area contributed by atoms with Gasteiger partial charge in [-0.15, -0.1) is 24.8 Å². The molecular formula is C18H29Cl2N3O3. The van der Waals surface area contributed by atoms with Crippen LogP contribution in [0.4, 0.5) is 0 Å². The van der Waals surface area contributed by atoms with Crippen LogP contribution in [0.2, 0.25) is 0 Å². The molecule has 2 atom stereocenters. The maximum atomic E-state index is 12.3. The van der Waals surface area contributed by atoms with Crippen LogP contribution in [0.3, 0.4) is 0 Å². The summed E-state index contributed by atoms with van der Waals surface area (Å²) in [4.78, 5) is 14.7. The number of hydrogen-bond acceptors (Lipinski definition) is 5. The summed E-state index contributed by atoms with van der Waals surface area (Å²) in [6.45, 7) is 5.61. The first-order valence-electron chi connectivity index (χ1n) is 8.72. The second kappa shape index (κ2) is 11.6. The number of methoxy groups -OCH3 is 1. The molecule has 6 nitrogen and oxygen atoms in total. The number of benzene rings is 1. The molecule has 0 aliphatic carbocycles. The van der Waals surface area contributed by atoms with Crippen molar-refractivity contribution >= 4 is 30.7 Å². The van der Waals surface area contributed by atoms with E-state index in [1.807, 2.05) is 12.1 Å². The highest BCUT2D eigenvalue weighted by atomic mass is 35.5. The Bertz CT molecular complexity index is 533. The molecule has 0 radical (unpaired) electrons. The summed E-state index contributed by atoms with van der Waals surface area (Å²) in [5, 5.41) is 6.40. The highest BCUT2D eigenvalue weighted by Crippen LogP contribution is 2.24. The van der Waals surface area contributed by atoms with Crippen LogP contribution in [0.5, 0.6) is 5.75 Å². The van der Waals surface area contributed by atoms with E-state index in [0.29, 0.717) is 6.54 Å². The Morgan fingerprint density at radius 3 is 2.58 bits per heavy atom. The van der Waals surface area contributed by atoms with Gasteiger partial charge in [0, 0.05) is 26.2 Å². The van der Waals surface area contributed by atoms with Crippen LogP contribution in [-0.4, -0.2) is 63.9 Å². The smallest absolute Gasteiger partial charge is 0.224 e. The van der Waals surface area contributed by atoms with Crippen molar-refractivity contribution in [2.75, 3.05) is 53.0 Å². The Hall–Kier alpha value is -1.05. The van der Waals surface area contributed by atoms with Crippen LogP contribution in [-0.2, 0) is 9.53 Å². The first-order chi connectivity index (χ1) is 11.8. The normalized spacial score (nSPS) is 21.2. The zero-order valence-electron chi connectivity index (χ0n) is 15.1. The summed E-state index contributed by atoms with van der Waals surface area (Å²) in [5.41, 5.74) is 1.20. The molecule has 2 unspecified atom stereocenters. The molecule has 1 aromatic rings. The molecule has 1 aromatic carbocycles. The molecule has 0 spiro atoms. The van der Waals surface area contributed by atoms with Crippen molar-refractivity contribution in [2.45, 2.75) is 12.5 Å². The number of halogens is 2. The third-order valence-corrected chi connectivity index (χ3v) is 4.89. The summed E-state index contributed by atoms with van der Waals surface area (Å²) in [6.07, 6.45) is 0.927. The lowest BCUT2D eigenvalue weighted by atomic mass is 10.0. The average molecular weight is 406 g/mol. The fourth-order valence-electron chi connectivity index (χ4n) is 3.39. The molecule has 3 rings (SSSR count). The molecule has 0 bridgehead atoms. The fraction of sp³-hybridized carbons (Fsp3) is 0.611. The van der Waals surface area contributed by atoms with Gasteiger partial charge in [0.1, 0.15) is 5.75 Å². The van der Waals surface area contributed by atoms with Gasteiger partial charge in [-0.05, 0) is 30.7 Å². The van der Waals surface area contributed by atoms with Gasteiger partial charge >= 0.3 is 0 Å². The van der Waals surface area contributed by atoms with Gasteiger partial charge in [0.05, 0.1) is 32.3 Å². The second-order valence-electron chi connectivity index (χ2n) is 6.37. The number of nitrogens with zero attached hydrogens (tertiary/aromatic N) is 1. The molecule has 8 heteroatoms. The molecule has 2 aliphatic rings. The van der Waals surface area contributed by atoms with E-state index < -0.39 is 0 Å². The second-order valence-corrected chi connectivity index (χ2v) is 6.37. The van der Waals surface area contributed by atoms with Crippen molar-refractivity contribution in [3.63, 3.8) is 0 Å². The van der Waals surface area contributed by atoms with Crippen molar-refractivity contribution in [3.05, 3.63) is 29.8 Å². The lowest BCUT2D eigenvalue weighted by molar-refractivity contribution is -0.124. The fourth-order valence-corrected chi connectivity index (χ4v) is 3.39. The van der Waals surface area contributed by atoms with E-state index in [-0.39, 0.29) is 42.7 Å². The van der Waals surface area contributed by atoms with Crippen molar-refractivity contribution in [3.8, 4) is 5.75 Å². The van der Waals surface area contributed by atoms with Crippen LogP contribution >= 0.6 is 24.8 Å². The Morgan fingerprint density at radius 1 is 1.31 bits per heavy atom. The first-order valence-corrected chi connectivity index (χ1v) is 8.72. The zero-order chi connectivity index (χ0) is 16.8. The minimum absolute atomic E-state index is 0. The number of carbonyl (C=O) groups is 1. The van der Waals surface area contributed by atoms with Gasteiger partial charge in [-0.1, -0.05) is 12.1 Å². The zero-order valence-corrected chi connectivity index (χ0v) is 16.7. The monoisotopic (exact) mass is 405 g/mol. The Labute approximate surface area is 167 Å². The molecule has 0 aromatic heterocycles. The number of amides is 1. The van der Waals surface area contributed by atoms with Crippen LogP contribution in [0.1, 0.15) is 18.0 Å². The van der Waals surface area contributed by atoms with E-state index in [0.717, 1.165) is 51.6 Å². The van der Waals surface area contributed by atoms with Crippen molar-refractivity contribution in [2.24, 2.45) is 5.92 Å². The molecule has 148 valence electrons. The predicted octanol–water partition coefficient (Wildman–Crippen LogP) is 1.64. The lowest BCUT2D eigenvalue weighted by Gasteiger charge is -2.35. The largest absolute Gasteiger partial charge is 0.497 e. The number of morpholine rings is 1. The van der Waals surface area contributed by atoms with Crippen molar-refractivity contribution < 1.29 is 14.3 Å². The Morgan fingerprint density at radius 2 is 2.00 bits per heavy atom. The Kier molecular flexibility index (Phi) is 10.3. The summed E-state index contributed by atoms with van der Waals surface area (Å²) in [5.74, 6) is 1.11. The number of carbonyl (C=O) groups excluding carboxylic acids is 1. The van der Waals surface area contributed by atoms with Crippen LogP contribution in [0.15, 0.2) is 24.3 Å². The maximum Gasteiger partial charge on any atom is 0.224 e. The van der Waals surface area contributed by atoms with E-state index in [4.69, 9.17) is 9.47 Å². The highest BCUT2D eigenvalue weighted by molar-refractivity contribution is 5.85. The summed E-state index contributed by atoms with van der Waals surface area (Å²) >= 11 is 0. The SMILES string of the molecule is COc1ccc(C(CNC(=O)C2CCNC2)N2CCOCC2)cc1.Cl.Cl. The molecule has 2 fully saturated rings. The van der Waals surface area contributed by atoms with Crippen molar-refractivity contribution in [1.29, 1.82) is 0 Å². The molecule has 2 N–H and O–H groups in total. The predicted molar refractivity (Wildman–Crippen MR) is 107 cm³/mol. The number of ether oxygens (including phenoxy) is 2. The molecule has 2 heterocycles. The van der Waals surface area contributed by atoms with Gasteiger partial charge in [0.15, 0.2) is 0 Å². The quantitative estimate of drug-likeness (QED) is 0.752. The number of hydrogen-bond donors (Lipinski definition) is 2. The van der Waals surface area contributed by atoms with E-state index in [2.05, 4.69) is 27.7 Å². The van der Waals surface area contributed by atoms with Gasteiger partial charge in [-0.3, -0.25) is 9.69 Å². The van der Waals surface area contributed by atoms with E-state index in [1.54, 1.807) is 7.11 Å². The van der Waals surface area contributed by atoms with Crippen molar-refractivity contribution in [1.82, 2.24) is 15.5 Å². The van der Waals surface area contributed by atoms with Crippen LogP contribution in [0.25, 0.3) is 0 Å². The van der Waals surface area contributed by atoms with Gasteiger partial charge < -0.3 is 20.1 Å². The third-order valence-electron chi connectivity index (χ3n) is 4.89. The van der Waals surface area contributed by atoms with Gasteiger partial charge in [-0.25, -0.2) is 0 Å². The van der Waals surface area contributed by atoms with Gasteiger partial charge in [0.2, 0.25) is 5.91 Å². The van der Waals surface area contributed by atoms with E-state index in [1.165, 1.54) is 5.56 Å². The standard InChI is InChI=1S/C18H27N3O3.2ClH/c1-23-16-4-2-14(3-5-16)17(21-8-10-24-11-9-21)13-20-18(22)15-6-7-19-12-15;;/h2-5,15,17,19H,6-13H2,1H3,(H,20,22);2*1H. The molecule has 2 saturated heterocycles. The molecule has 1 amide bonds. The topological polar surface area (TPSA) is 62.8 Å². The maximum absolute atomic E-state index is 12.3. The van der Waals surface area contributed by atoms with Crippen LogP contribution < -0.4 is 15.4 Å². The molecule has 26 heavy (non-hydrogen) atoms. The lowest BCUT2D eigenvalue weighted by Crippen LogP contribution is -2.44. The van der Waals surface area contributed by atoms with Gasteiger partial charge in [-0.2, -0.15) is 0 Å². The first kappa shape index (κ1) is 23.0. The number of rotatable bonds is 6. The van der Waals surface area contributed by atoms with Gasteiger partial charge in [0.25, 0.3) is 0 Å². The minimum Gasteiger partial charge on any atom is -0.497 e. The Balaban J connectivity index is 0.00000169. The third kappa shape index (κ3) is 5.99. The average Bonchev–Trinajstić information content (AvgIpc) is 3.18. The molecular weight excluding hydrogens is 377 g/mol. The summed E-state index contributed by atoms with van der Waals surface area (Å²) in [6, 6.07) is 8.29. The summed E-state index contributed by atoms with van der Waals surface area (Å²) in [7, 11) is 1.67. The number of nitrogens with one attached hydrogen (secondary N) is 2. The van der Waals surface area contributed by atoms with E-state index >= 15 is 0 Å². The van der Waals surface area contributed by atoms with Crippen LogP contribution in [0, 0.1) is 5.92 Å². The van der Waals surface area contributed by atoms with E-state index in [9.17, 15) is 4.79 Å². The minimum atomic E-state index is 0. The highest BCUT2D eigenvalue weighted by Gasteiger charge is 2.26. The summed E-state index contributed by atoms with van der Waals surface area (Å²) < 4.78 is 10.7. The molecule has 2 aliphatic heterocycles.